The molecule has 0 bridgehead atoms. The number of amides is 1. The molecule has 4 nitrogen and oxygen atoms in total. The predicted octanol–water partition coefficient (Wildman–Crippen LogP) is 1.93. The van der Waals surface area contributed by atoms with Gasteiger partial charge in [0.15, 0.2) is 0 Å². The van der Waals surface area contributed by atoms with Gasteiger partial charge in [-0.3, -0.25) is 4.79 Å². The largest absolute Gasteiger partial charge is 0.508 e. The van der Waals surface area contributed by atoms with E-state index in [0.29, 0.717) is 23.6 Å². The minimum atomic E-state index is 0. The molecule has 3 N–H and O–H groups in total. The maximum atomic E-state index is 12.4. The molecular weight excluding hydrogens is 264 g/mol. The summed E-state index contributed by atoms with van der Waals surface area (Å²) in [7, 11) is 0. The van der Waals surface area contributed by atoms with Crippen molar-refractivity contribution in [2.24, 2.45) is 11.7 Å². The van der Waals surface area contributed by atoms with Gasteiger partial charge in [0.05, 0.1) is 0 Å². The Kier molecular flexibility index (Phi) is 5.63. The van der Waals surface area contributed by atoms with Crippen LogP contribution >= 0.6 is 12.4 Å². The first-order valence-corrected chi connectivity index (χ1v) is 6.41. The van der Waals surface area contributed by atoms with Crippen LogP contribution in [-0.4, -0.2) is 35.5 Å². The number of rotatable bonds is 2. The first kappa shape index (κ1) is 15.8. The Labute approximate surface area is 120 Å². The van der Waals surface area contributed by atoms with Crippen LogP contribution in [0.3, 0.4) is 0 Å². The number of carbonyl (C=O) groups excluding carboxylic acids is 1. The van der Waals surface area contributed by atoms with E-state index in [0.717, 1.165) is 25.9 Å². The van der Waals surface area contributed by atoms with Gasteiger partial charge in [0.2, 0.25) is 0 Å². The van der Waals surface area contributed by atoms with Crippen LogP contribution in [0.25, 0.3) is 0 Å². The van der Waals surface area contributed by atoms with E-state index in [9.17, 15) is 9.90 Å². The molecule has 1 fully saturated rings. The Morgan fingerprint density at radius 3 is 2.63 bits per heavy atom. The quantitative estimate of drug-likeness (QED) is 0.872. The zero-order valence-electron chi connectivity index (χ0n) is 11.1. The average molecular weight is 285 g/mol. The summed E-state index contributed by atoms with van der Waals surface area (Å²) < 4.78 is 0. The number of aromatic hydroxyl groups is 1. The average Bonchev–Trinajstić information content (AvgIpc) is 2.41. The van der Waals surface area contributed by atoms with E-state index >= 15 is 0 Å². The Hall–Kier alpha value is -1.26. The Bertz CT molecular complexity index is 443. The first-order chi connectivity index (χ1) is 8.63. The predicted molar refractivity (Wildman–Crippen MR) is 77.8 cm³/mol. The summed E-state index contributed by atoms with van der Waals surface area (Å²) in [6, 6.07) is 5.08. The molecule has 1 aromatic rings. The van der Waals surface area contributed by atoms with Gasteiger partial charge in [-0.05, 0) is 44.4 Å². The lowest BCUT2D eigenvalue weighted by atomic mass is 9.96. The first-order valence-electron chi connectivity index (χ1n) is 6.41. The number of halogens is 1. The summed E-state index contributed by atoms with van der Waals surface area (Å²) >= 11 is 0. The van der Waals surface area contributed by atoms with Crippen molar-refractivity contribution in [3.63, 3.8) is 0 Å². The van der Waals surface area contributed by atoms with Crippen LogP contribution in [0.5, 0.6) is 5.75 Å². The number of hydrogen-bond donors (Lipinski definition) is 2. The number of likely N-dealkylation sites (tertiary alicyclic amines) is 1. The zero-order chi connectivity index (χ0) is 13.1. The van der Waals surface area contributed by atoms with Crippen LogP contribution < -0.4 is 5.73 Å². The van der Waals surface area contributed by atoms with Crippen molar-refractivity contribution >= 4 is 18.3 Å². The molecule has 1 aliphatic heterocycles. The molecule has 5 heteroatoms. The molecular formula is C14H21ClN2O2. The van der Waals surface area contributed by atoms with E-state index in [-0.39, 0.29) is 24.1 Å². The maximum Gasteiger partial charge on any atom is 0.254 e. The third-order valence-corrected chi connectivity index (χ3v) is 3.77. The topological polar surface area (TPSA) is 66.6 Å². The number of phenols is 1. The molecule has 0 unspecified atom stereocenters. The summed E-state index contributed by atoms with van der Waals surface area (Å²) in [5.74, 6) is 0.732. The fraction of sp³-hybridized carbons (Fsp3) is 0.500. The van der Waals surface area contributed by atoms with Gasteiger partial charge in [0.1, 0.15) is 5.75 Å². The van der Waals surface area contributed by atoms with Crippen LogP contribution in [0, 0.1) is 12.8 Å². The van der Waals surface area contributed by atoms with Gasteiger partial charge in [-0.25, -0.2) is 0 Å². The van der Waals surface area contributed by atoms with Crippen LogP contribution in [0.4, 0.5) is 0 Å². The summed E-state index contributed by atoms with van der Waals surface area (Å²) in [4.78, 5) is 14.2. The molecule has 19 heavy (non-hydrogen) atoms. The van der Waals surface area contributed by atoms with Gasteiger partial charge < -0.3 is 15.7 Å². The number of nitrogens with zero attached hydrogens (tertiary/aromatic N) is 1. The normalized spacial score (nSPS) is 16.0. The highest BCUT2D eigenvalue weighted by atomic mass is 35.5. The van der Waals surface area contributed by atoms with Crippen molar-refractivity contribution in [2.75, 3.05) is 19.6 Å². The third kappa shape index (κ3) is 3.39. The molecule has 0 aromatic heterocycles. The van der Waals surface area contributed by atoms with Gasteiger partial charge >= 0.3 is 0 Å². The second-order valence-electron chi connectivity index (χ2n) is 4.92. The lowest BCUT2D eigenvalue weighted by Crippen LogP contribution is -2.40. The van der Waals surface area contributed by atoms with Crippen LogP contribution in [-0.2, 0) is 0 Å². The number of benzene rings is 1. The molecule has 2 rings (SSSR count). The number of nitrogens with two attached hydrogens (primary N) is 1. The Morgan fingerprint density at radius 1 is 1.42 bits per heavy atom. The molecule has 106 valence electrons. The molecule has 1 saturated heterocycles. The fourth-order valence-electron chi connectivity index (χ4n) is 2.40. The third-order valence-electron chi connectivity index (χ3n) is 3.77. The van der Waals surface area contributed by atoms with E-state index in [4.69, 9.17) is 5.73 Å². The Morgan fingerprint density at radius 2 is 2.05 bits per heavy atom. The number of carbonyl (C=O) groups is 1. The van der Waals surface area contributed by atoms with Crippen molar-refractivity contribution in [1.29, 1.82) is 0 Å². The van der Waals surface area contributed by atoms with Crippen molar-refractivity contribution in [3.05, 3.63) is 29.3 Å². The minimum Gasteiger partial charge on any atom is -0.508 e. The van der Waals surface area contributed by atoms with E-state index in [1.807, 2.05) is 4.90 Å². The van der Waals surface area contributed by atoms with Gasteiger partial charge in [-0.2, -0.15) is 0 Å². The molecule has 0 atom stereocenters. The van der Waals surface area contributed by atoms with Crippen LogP contribution in [0.15, 0.2) is 18.2 Å². The summed E-state index contributed by atoms with van der Waals surface area (Å²) in [5, 5.41) is 9.64. The van der Waals surface area contributed by atoms with E-state index in [1.165, 1.54) is 0 Å². The smallest absolute Gasteiger partial charge is 0.254 e. The minimum absolute atomic E-state index is 0. The van der Waals surface area contributed by atoms with Gasteiger partial charge in [-0.15, -0.1) is 12.4 Å². The monoisotopic (exact) mass is 284 g/mol. The van der Waals surface area contributed by atoms with E-state index in [1.54, 1.807) is 25.1 Å². The summed E-state index contributed by atoms with van der Waals surface area (Å²) in [5.41, 5.74) is 6.90. The van der Waals surface area contributed by atoms with Crippen molar-refractivity contribution in [2.45, 2.75) is 19.8 Å². The molecule has 1 amide bonds. The van der Waals surface area contributed by atoms with Crippen LogP contribution in [0.2, 0.25) is 0 Å². The highest BCUT2D eigenvalue weighted by molar-refractivity contribution is 5.96. The summed E-state index contributed by atoms with van der Waals surface area (Å²) in [6.07, 6.45) is 1.94. The second-order valence-corrected chi connectivity index (χ2v) is 4.92. The highest BCUT2D eigenvalue weighted by Crippen LogP contribution is 2.23. The number of phenolic OH excluding ortho intramolecular Hbond substituents is 1. The SMILES string of the molecule is Cc1c(O)cccc1C(=O)N1CCC(CN)CC1.Cl. The van der Waals surface area contributed by atoms with E-state index < -0.39 is 0 Å². The molecule has 0 saturated carbocycles. The maximum absolute atomic E-state index is 12.4. The zero-order valence-corrected chi connectivity index (χ0v) is 11.9. The molecule has 1 heterocycles. The van der Waals surface area contributed by atoms with Gasteiger partial charge in [0.25, 0.3) is 5.91 Å². The van der Waals surface area contributed by atoms with Crippen molar-refractivity contribution in [3.8, 4) is 5.75 Å². The second kappa shape index (κ2) is 6.78. The molecule has 0 aliphatic carbocycles. The molecule has 1 aromatic carbocycles. The van der Waals surface area contributed by atoms with Gasteiger partial charge in [0, 0.05) is 24.2 Å². The highest BCUT2D eigenvalue weighted by Gasteiger charge is 2.24. The fourth-order valence-corrected chi connectivity index (χ4v) is 2.40. The summed E-state index contributed by atoms with van der Waals surface area (Å²) in [6.45, 7) is 3.99. The van der Waals surface area contributed by atoms with Gasteiger partial charge in [-0.1, -0.05) is 6.07 Å². The number of piperidine rings is 1. The van der Waals surface area contributed by atoms with Crippen LogP contribution in [0.1, 0.15) is 28.8 Å². The van der Waals surface area contributed by atoms with Crippen molar-refractivity contribution < 1.29 is 9.90 Å². The standard InChI is InChI=1S/C14H20N2O2.ClH/c1-10-12(3-2-4-13(10)17)14(18)16-7-5-11(9-15)6-8-16;/h2-4,11,17H,5-9,15H2,1H3;1H. The Balaban J connectivity index is 0.00000180. The number of hydrogen-bond acceptors (Lipinski definition) is 3. The molecule has 1 aliphatic rings. The lowest BCUT2D eigenvalue weighted by Gasteiger charge is -2.31. The molecule has 0 spiro atoms. The van der Waals surface area contributed by atoms with E-state index in [2.05, 4.69) is 0 Å². The lowest BCUT2D eigenvalue weighted by molar-refractivity contribution is 0.0692. The van der Waals surface area contributed by atoms with Crippen molar-refractivity contribution in [1.82, 2.24) is 4.90 Å². The molecule has 0 radical (unpaired) electrons.